The van der Waals surface area contributed by atoms with E-state index in [1.54, 1.807) is 24.3 Å². The highest BCUT2D eigenvalue weighted by atomic mass is 16.4. The molecule has 7 heteroatoms. The summed E-state index contributed by atoms with van der Waals surface area (Å²) in [6.07, 6.45) is 3.68. The number of hydrogen-bond acceptors (Lipinski definition) is 5. The molecule has 2 aliphatic rings. The molecule has 1 aromatic rings. The van der Waals surface area contributed by atoms with E-state index >= 15 is 0 Å². The summed E-state index contributed by atoms with van der Waals surface area (Å²) in [6.45, 7) is 3.41. The van der Waals surface area contributed by atoms with Crippen molar-refractivity contribution in [2.24, 2.45) is 0 Å². The molecule has 2 heterocycles. The van der Waals surface area contributed by atoms with Crippen LogP contribution in [0.1, 0.15) is 46.4 Å². The number of benzene rings is 1. The summed E-state index contributed by atoms with van der Waals surface area (Å²) in [5, 5.41) is 8.89. The standard InChI is InChI=1S/C20H27N3O4/c1-21(14-18(24)25)15-8-12-22(13-9-15)10-4-5-11-23-19(26)16-6-2-3-7-17(16)20(23)27/h2-3,6-7,15H,4-5,8-14H2,1H3,(H,24,25). The average Bonchev–Trinajstić information content (AvgIpc) is 2.90. The van der Waals surface area contributed by atoms with Crippen LogP contribution in [-0.4, -0.2) is 83.4 Å². The van der Waals surface area contributed by atoms with E-state index in [0.717, 1.165) is 45.3 Å². The van der Waals surface area contributed by atoms with E-state index < -0.39 is 5.97 Å². The number of carbonyl (C=O) groups excluding carboxylic acids is 2. The van der Waals surface area contributed by atoms with Crippen molar-refractivity contribution in [3.8, 4) is 0 Å². The van der Waals surface area contributed by atoms with Crippen LogP contribution in [0.15, 0.2) is 24.3 Å². The first-order chi connectivity index (χ1) is 13.0. The molecule has 3 rings (SSSR count). The molecule has 0 radical (unpaired) electrons. The number of likely N-dealkylation sites (N-methyl/N-ethyl adjacent to an activating group) is 1. The number of carboxylic acid groups (broad SMARTS) is 1. The first kappa shape index (κ1) is 19.5. The van der Waals surface area contributed by atoms with Gasteiger partial charge in [0.15, 0.2) is 0 Å². The van der Waals surface area contributed by atoms with Crippen LogP contribution in [0, 0.1) is 0 Å². The number of amides is 2. The third kappa shape index (κ3) is 4.54. The van der Waals surface area contributed by atoms with Crippen LogP contribution in [0.5, 0.6) is 0 Å². The van der Waals surface area contributed by atoms with E-state index in [9.17, 15) is 14.4 Å². The van der Waals surface area contributed by atoms with E-state index in [-0.39, 0.29) is 18.4 Å². The van der Waals surface area contributed by atoms with E-state index in [4.69, 9.17) is 5.11 Å². The van der Waals surface area contributed by atoms with Crippen molar-refractivity contribution in [1.29, 1.82) is 0 Å². The lowest BCUT2D eigenvalue weighted by Crippen LogP contribution is -2.45. The molecular weight excluding hydrogens is 346 g/mol. The second kappa shape index (κ2) is 8.63. The Labute approximate surface area is 159 Å². The van der Waals surface area contributed by atoms with Crippen molar-refractivity contribution >= 4 is 17.8 Å². The van der Waals surface area contributed by atoms with Gasteiger partial charge in [-0.05, 0) is 64.5 Å². The highest BCUT2D eigenvalue weighted by molar-refractivity contribution is 6.21. The third-order valence-corrected chi connectivity index (χ3v) is 5.55. The smallest absolute Gasteiger partial charge is 0.317 e. The molecular formula is C20H27N3O4. The number of unbranched alkanes of at least 4 members (excludes halogenated alkanes) is 1. The summed E-state index contributed by atoms with van der Waals surface area (Å²) in [4.78, 5) is 41.1. The molecule has 146 valence electrons. The molecule has 0 aromatic heterocycles. The quantitative estimate of drug-likeness (QED) is 0.550. The number of likely N-dealkylation sites (tertiary alicyclic amines) is 1. The maximum absolute atomic E-state index is 12.3. The molecule has 1 fully saturated rings. The van der Waals surface area contributed by atoms with Gasteiger partial charge in [0, 0.05) is 12.6 Å². The molecule has 1 aromatic carbocycles. The number of fused-ring (bicyclic) bond motifs is 1. The predicted molar refractivity (Wildman–Crippen MR) is 101 cm³/mol. The fraction of sp³-hybridized carbons (Fsp3) is 0.550. The zero-order valence-corrected chi connectivity index (χ0v) is 15.8. The van der Waals surface area contributed by atoms with Gasteiger partial charge in [-0.15, -0.1) is 0 Å². The summed E-state index contributed by atoms with van der Waals surface area (Å²) in [5.41, 5.74) is 1.02. The van der Waals surface area contributed by atoms with Gasteiger partial charge in [0.05, 0.1) is 17.7 Å². The van der Waals surface area contributed by atoms with Gasteiger partial charge in [-0.3, -0.25) is 24.2 Å². The van der Waals surface area contributed by atoms with Crippen molar-refractivity contribution < 1.29 is 19.5 Å². The van der Waals surface area contributed by atoms with Gasteiger partial charge < -0.3 is 10.0 Å². The number of imide groups is 1. The lowest BCUT2D eigenvalue weighted by Gasteiger charge is -2.36. The van der Waals surface area contributed by atoms with Gasteiger partial charge >= 0.3 is 5.97 Å². The Morgan fingerprint density at radius 2 is 1.63 bits per heavy atom. The van der Waals surface area contributed by atoms with Gasteiger partial charge in [0.1, 0.15) is 0 Å². The predicted octanol–water partition coefficient (Wildman–Crippen LogP) is 1.54. The number of carboxylic acids is 1. The fourth-order valence-electron chi connectivity index (χ4n) is 3.97. The van der Waals surface area contributed by atoms with Gasteiger partial charge in [0.2, 0.25) is 0 Å². The monoisotopic (exact) mass is 373 g/mol. The maximum Gasteiger partial charge on any atom is 0.317 e. The van der Waals surface area contributed by atoms with Crippen molar-refractivity contribution in [2.75, 3.05) is 39.8 Å². The Bertz CT molecular complexity index is 678. The Balaban J connectivity index is 1.37. The van der Waals surface area contributed by atoms with Crippen LogP contribution in [0.2, 0.25) is 0 Å². The van der Waals surface area contributed by atoms with E-state index in [0.29, 0.717) is 23.7 Å². The highest BCUT2D eigenvalue weighted by Gasteiger charge is 2.34. The number of hydrogen-bond donors (Lipinski definition) is 1. The van der Waals surface area contributed by atoms with Crippen LogP contribution in [-0.2, 0) is 4.79 Å². The number of piperidine rings is 1. The summed E-state index contributed by atoms with van der Waals surface area (Å²) in [6, 6.07) is 7.31. The van der Waals surface area contributed by atoms with Crippen molar-refractivity contribution in [1.82, 2.24) is 14.7 Å². The molecule has 1 saturated heterocycles. The zero-order valence-electron chi connectivity index (χ0n) is 15.8. The highest BCUT2D eigenvalue weighted by Crippen LogP contribution is 2.23. The largest absolute Gasteiger partial charge is 0.480 e. The molecule has 1 N–H and O–H groups in total. The normalized spacial score (nSPS) is 18.4. The van der Waals surface area contributed by atoms with Gasteiger partial charge in [-0.25, -0.2) is 0 Å². The molecule has 27 heavy (non-hydrogen) atoms. The summed E-state index contributed by atoms with van der Waals surface area (Å²) < 4.78 is 0. The molecule has 2 amide bonds. The van der Waals surface area contributed by atoms with E-state index in [1.807, 2.05) is 11.9 Å². The molecule has 0 bridgehead atoms. The van der Waals surface area contributed by atoms with Crippen LogP contribution in [0.4, 0.5) is 0 Å². The lowest BCUT2D eigenvalue weighted by molar-refractivity contribution is -0.138. The molecule has 0 unspecified atom stereocenters. The zero-order chi connectivity index (χ0) is 19.4. The fourth-order valence-corrected chi connectivity index (χ4v) is 3.97. The van der Waals surface area contributed by atoms with Gasteiger partial charge in [-0.2, -0.15) is 0 Å². The molecule has 0 atom stereocenters. The number of carbonyl (C=O) groups is 3. The molecule has 0 aliphatic carbocycles. The molecule has 2 aliphatic heterocycles. The minimum absolute atomic E-state index is 0.0882. The molecule has 0 spiro atoms. The summed E-state index contributed by atoms with van der Waals surface area (Å²) in [7, 11) is 1.87. The van der Waals surface area contributed by atoms with Crippen LogP contribution >= 0.6 is 0 Å². The topological polar surface area (TPSA) is 81.2 Å². The molecule has 7 nitrogen and oxygen atoms in total. The summed E-state index contributed by atoms with van der Waals surface area (Å²) >= 11 is 0. The second-order valence-corrected chi connectivity index (χ2v) is 7.40. The van der Waals surface area contributed by atoms with Crippen molar-refractivity contribution in [2.45, 2.75) is 31.7 Å². The number of aliphatic carboxylic acids is 1. The van der Waals surface area contributed by atoms with Crippen molar-refractivity contribution in [3.63, 3.8) is 0 Å². The lowest BCUT2D eigenvalue weighted by atomic mass is 10.0. The SMILES string of the molecule is CN(CC(=O)O)C1CCN(CCCCN2C(=O)c3ccccc3C2=O)CC1. The molecule has 0 saturated carbocycles. The second-order valence-electron chi connectivity index (χ2n) is 7.40. The van der Waals surface area contributed by atoms with Crippen molar-refractivity contribution in [3.05, 3.63) is 35.4 Å². The van der Waals surface area contributed by atoms with E-state index in [2.05, 4.69) is 4.90 Å². The van der Waals surface area contributed by atoms with Crippen LogP contribution in [0.3, 0.4) is 0 Å². The Kier molecular flexibility index (Phi) is 6.23. The first-order valence-corrected chi connectivity index (χ1v) is 9.57. The number of rotatable bonds is 8. The first-order valence-electron chi connectivity index (χ1n) is 9.57. The Morgan fingerprint density at radius 1 is 1.07 bits per heavy atom. The summed E-state index contributed by atoms with van der Waals surface area (Å²) in [5.74, 6) is -1.15. The van der Waals surface area contributed by atoms with Crippen LogP contribution in [0.25, 0.3) is 0 Å². The minimum atomic E-state index is -0.784. The Morgan fingerprint density at radius 3 is 2.19 bits per heavy atom. The van der Waals surface area contributed by atoms with E-state index in [1.165, 1.54) is 4.90 Å². The average molecular weight is 373 g/mol. The Hall–Kier alpha value is -2.25. The maximum atomic E-state index is 12.3. The minimum Gasteiger partial charge on any atom is -0.480 e. The third-order valence-electron chi connectivity index (χ3n) is 5.55. The van der Waals surface area contributed by atoms with Gasteiger partial charge in [0.25, 0.3) is 11.8 Å². The number of nitrogens with zero attached hydrogens (tertiary/aromatic N) is 3. The van der Waals surface area contributed by atoms with Gasteiger partial charge in [-0.1, -0.05) is 12.1 Å². The van der Waals surface area contributed by atoms with Crippen LogP contribution < -0.4 is 0 Å².